The van der Waals surface area contributed by atoms with E-state index in [4.69, 9.17) is 10.00 Å². The van der Waals surface area contributed by atoms with Crippen LogP contribution in [-0.4, -0.2) is 47.7 Å². The van der Waals surface area contributed by atoms with Crippen LogP contribution in [0.5, 0.6) is 0 Å². The van der Waals surface area contributed by atoms with Gasteiger partial charge < -0.3 is 15.0 Å². The summed E-state index contributed by atoms with van der Waals surface area (Å²) < 4.78 is 6.10. The predicted octanol–water partition coefficient (Wildman–Crippen LogP) is 2.22. The highest BCUT2D eigenvalue weighted by atomic mass is 16.5. The molecule has 1 heterocycles. The van der Waals surface area contributed by atoms with E-state index in [9.17, 15) is 4.79 Å². The molecule has 0 aromatic rings. The lowest BCUT2D eigenvalue weighted by Crippen LogP contribution is -2.48. The third-order valence-corrected chi connectivity index (χ3v) is 6.52. The number of carbonyl (C=O) groups is 1. The molecule has 1 N–H and O–H groups in total. The summed E-state index contributed by atoms with van der Waals surface area (Å²) in [6.07, 6.45) is 10.0. The minimum absolute atomic E-state index is 0.0669. The Bertz CT molecular complexity index is 525. The molecule has 1 amide bonds. The van der Waals surface area contributed by atoms with Gasteiger partial charge in [-0.25, -0.2) is 0 Å². The van der Waals surface area contributed by atoms with Gasteiger partial charge in [0.05, 0.1) is 24.8 Å². The molecule has 0 spiro atoms. The Morgan fingerprint density at radius 3 is 2.58 bits per heavy atom. The lowest BCUT2D eigenvalue weighted by molar-refractivity contribution is -0.130. The summed E-state index contributed by atoms with van der Waals surface area (Å²) in [6, 6.07) is 2.04. The molecule has 4 fully saturated rings. The zero-order valence-electron chi connectivity index (χ0n) is 14.7. The molecular weight excluding hydrogens is 302 g/mol. The van der Waals surface area contributed by atoms with E-state index in [0.29, 0.717) is 18.8 Å². The van der Waals surface area contributed by atoms with Crippen molar-refractivity contribution in [3.63, 3.8) is 0 Å². The summed E-state index contributed by atoms with van der Waals surface area (Å²) in [7, 11) is 0. The fourth-order valence-electron chi connectivity index (χ4n) is 5.22. The summed E-state index contributed by atoms with van der Waals surface area (Å²) in [5.74, 6) is 1.59. The molecule has 3 aliphatic carbocycles. The number of nitriles is 1. The van der Waals surface area contributed by atoms with Crippen LogP contribution in [0.4, 0.5) is 0 Å². The highest BCUT2D eigenvalue weighted by Gasteiger charge is 2.48. The number of nitrogens with zero attached hydrogens (tertiary/aromatic N) is 2. The number of amides is 1. The van der Waals surface area contributed by atoms with Gasteiger partial charge >= 0.3 is 0 Å². The van der Waals surface area contributed by atoms with Gasteiger partial charge in [-0.2, -0.15) is 5.26 Å². The smallest absolute Gasteiger partial charge is 0.237 e. The van der Waals surface area contributed by atoms with Crippen LogP contribution in [0.2, 0.25) is 0 Å². The SMILES string of the molecule is C[C@@]1(NCC(=O)N2CCC[C@H]2C#N)C[C@H]2C[C@@H](OC3CC3)C[C@H]2C1. The number of likely N-dealkylation sites (tertiary alicyclic amines) is 1. The number of ether oxygens (including phenoxy) is 1. The van der Waals surface area contributed by atoms with Crippen LogP contribution >= 0.6 is 0 Å². The molecule has 4 rings (SSSR count). The van der Waals surface area contributed by atoms with Gasteiger partial charge in [0.15, 0.2) is 0 Å². The molecule has 0 unspecified atom stereocenters. The maximum Gasteiger partial charge on any atom is 0.237 e. The second-order valence-corrected chi connectivity index (χ2v) is 8.65. The zero-order valence-corrected chi connectivity index (χ0v) is 14.7. The van der Waals surface area contributed by atoms with Crippen LogP contribution in [0.3, 0.4) is 0 Å². The normalized spacial score (nSPS) is 41.4. The first kappa shape index (κ1) is 16.4. The van der Waals surface area contributed by atoms with Crippen molar-refractivity contribution in [2.45, 2.75) is 82.1 Å². The average molecular weight is 331 g/mol. The molecule has 0 bridgehead atoms. The predicted molar refractivity (Wildman–Crippen MR) is 90.1 cm³/mol. The highest BCUT2D eigenvalue weighted by molar-refractivity contribution is 5.79. The molecule has 3 saturated carbocycles. The van der Waals surface area contributed by atoms with Crippen LogP contribution in [0.1, 0.15) is 58.3 Å². The molecule has 4 aliphatic rings. The molecule has 24 heavy (non-hydrogen) atoms. The monoisotopic (exact) mass is 331 g/mol. The fraction of sp³-hybridized carbons (Fsp3) is 0.895. The number of rotatable bonds is 5. The first-order valence-electron chi connectivity index (χ1n) is 9.66. The van der Waals surface area contributed by atoms with Crippen molar-refractivity contribution in [2.24, 2.45) is 11.8 Å². The number of hydrogen-bond donors (Lipinski definition) is 1. The molecule has 1 saturated heterocycles. The summed E-state index contributed by atoms with van der Waals surface area (Å²) in [4.78, 5) is 14.2. The quantitative estimate of drug-likeness (QED) is 0.839. The molecule has 0 aromatic carbocycles. The minimum Gasteiger partial charge on any atom is -0.375 e. The maximum atomic E-state index is 12.4. The second kappa shape index (κ2) is 6.31. The first-order valence-corrected chi connectivity index (χ1v) is 9.66. The molecule has 132 valence electrons. The highest BCUT2D eigenvalue weighted by Crippen LogP contribution is 2.50. The van der Waals surface area contributed by atoms with Crippen molar-refractivity contribution in [3.8, 4) is 6.07 Å². The molecule has 1 aliphatic heterocycles. The Balaban J connectivity index is 1.26. The van der Waals surface area contributed by atoms with E-state index in [2.05, 4.69) is 18.3 Å². The van der Waals surface area contributed by atoms with E-state index in [1.165, 1.54) is 25.7 Å². The molecule has 5 nitrogen and oxygen atoms in total. The van der Waals surface area contributed by atoms with E-state index in [1.807, 2.05) is 0 Å². The van der Waals surface area contributed by atoms with Gasteiger partial charge in [-0.15, -0.1) is 0 Å². The first-order chi connectivity index (χ1) is 11.6. The van der Waals surface area contributed by atoms with Crippen molar-refractivity contribution in [1.82, 2.24) is 10.2 Å². The number of hydrogen-bond acceptors (Lipinski definition) is 4. The number of fused-ring (bicyclic) bond motifs is 1. The summed E-state index contributed by atoms with van der Waals surface area (Å²) in [5.41, 5.74) is 0.0669. The Morgan fingerprint density at radius 2 is 1.96 bits per heavy atom. The Morgan fingerprint density at radius 1 is 1.25 bits per heavy atom. The molecule has 5 atom stereocenters. The average Bonchev–Trinajstić information content (AvgIpc) is 2.97. The zero-order chi connectivity index (χ0) is 16.7. The fourth-order valence-corrected chi connectivity index (χ4v) is 5.22. The Labute approximate surface area is 144 Å². The van der Waals surface area contributed by atoms with E-state index in [-0.39, 0.29) is 17.5 Å². The summed E-state index contributed by atoms with van der Waals surface area (Å²) >= 11 is 0. The third-order valence-electron chi connectivity index (χ3n) is 6.52. The van der Waals surface area contributed by atoms with Gasteiger partial charge in [0.25, 0.3) is 0 Å². The molecule has 0 radical (unpaired) electrons. The standard InChI is InChI=1S/C19H29N3O2/c1-19(21-12-18(23)22-6-2-3-15(22)11-20)9-13-7-17(8-14(13)10-19)24-16-4-5-16/h13-17,21H,2-10,12H2,1H3/t13-,14+,15-,17-,19-/m0/s1. The van der Waals surface area contributed by atoms with Gasteiger partial charge in [-0.3, -0.25) is 4.79 Å². The van der Waals surface area contributed by atoms with Crippen LogP contribution in [-0.2, 0) is 9.53 Å². The van der Waals surface area contributed by atoms with Crippen LogP contribution in [0.25, 0.3) is 0 Å². The van der Waals surface area contributed by atoms with E-state index in [1.54, 1.807) is 4.90 Å². The summed E-state index contributed by atoms with van der Waals surface area (Å²) in [5, 5.41) is 12.7. The van der Waals surface area contributed by atoms with Crippen molar-refractivity contribution in [2.75, 3.05) is 13.1 Å². The molecule has 0 aromatic heterocycles. The van der Waals surface area contributed by atoms with Crippen LogP contribution < -0.4 is 5.32 Å². The van der Waals surface area contributed by atoms with Crippen molar-refractivity contribution >= 4 is 5.91 Å². The van der Waals surface area contributed by atoms with E-state index in [0.717, 1.165) is 44.1 Å². The second-order valence-electron chi connectivity index (χ2n) is 8.65. The largest absolute Gasteiger partial charge is 0.375 e. The Kier molecular flexibility index (Phi) is 4.30. The van der Waals surface area contributed by atoms with Crippen LogP contribution in [0, 0.1) is 23.2 Å². The van der Waals surface area contributed by atoms with Crippen molar-refractivity contribution < 1.29 is 9.53 Å². The van der Waals surface area contributed by atoms with E-state index < -0.39 is 0 Å². The van der Waals surface area contributed by atoms with Crippen molar-refractivity contribution in [3.05, 3.63) is 0 Å². The van der Waals surface area contributed by atoms with E-state index >= 15 is 0 Å². The lowest BCUT2D eigenvalue weighted by atomic mass is 9.95. The van der Waals surface area contributed by atoms with Gasteiger partial charge in [-0.1, -0.05) is 0 Å². The maximum absolute atomic E-state index is 12.4. The molecular formula is C19H29N3O2. The third kappa shape index (κ3) is 3.32. The van der Waals surface area contributed by atoms with Gasteiger partial charge in [-0.05, 0) is 70.1 Å². The van der Waals surface area contributed by atoms with Crippen molar-refractivity contribution in [1.29, 1.82) is 5.26 Å². The summed E-state index contributed by atoms with van der Waals surface area (Å²) in [6.45, 7) is 3.37. The molecule has 5 heteroatoms. The van der Waals surface area contributed by atoms with Crippen LogP contribution in [0.15, 0.2) is 0 Å². The number of nitrogens with one attached hydrogen (secondary N) is 1. The lowest BCUT2D eigenvalue weighted by Gasteiger charge is -2.29. The van der Waals surface area contributed by atoms with Gasteiger partial charge in [0.2, 0.25) is 5.91 Å². The minimum atomic E-state index is -0.213. The Hall–Kier alpha value is -1.12. The van der Waals surface area contributed by atoms with Gasteiger partial charge in [0, 0.05) is 12.1 Å². The number of carbonyl (C=O) groups excluding carboxylic acids is 1. The van der Waals surface area contributed by atoms with Gasteiger partial charge in [0.1, 0.15) is 6.04 Å². The topological polar surface area (TPSA) is 65.4 Å².